The quantitative estimate of drug-likeness (QED) is 0.833. The lowest BCUT2D eigenvalue weighted by atomic mass is 10.1. The fourth-order valence-corrected chi connectivity index (χ4v) is 2.18. The van der Waals surface area contributed by atoms with Gasteiger partial charge in [-0.2, -0.15) is 13.2 Å². The topological polar surface area (TPSA) is 38.3 Å². The Bertz CT molecular complexity index is 736. The van der Waals surface area contributed by atoms with Crippen molar-refractivity contribution < 1.29 is 27.1 Å². The van der Waals surface area contributed by atoms with Crippen LogP contribution in [0.3, 0.4) is 0 Å². The number of carbonyl (C=O) groups is 1. The van der Waals surface area contributed by atoms with Gasteiger partial charge in [-0.25, -0.2) is 4.39 Å². The van der Waals surface area contributed by atoms with Crippen molar-refractivity contribution in [2.45, 2.75) is 20.0 Å². The summed E-state index contributed by atoms with van der Waals surface area (Å²) in [6.07, 6.45) is -4.83. The molecule has 0 aromatic heterocycles. The van der Waals surface area contributed by atoms with Gasteiger partial charge < -0.3 is 10.1 Å². The van der Waals surface area contributed by atoms with Crippen LogP contribution < -0.4 is 10.1 Å². The molecule has 0 saturated carbocycles. The Morgan fingerprint density at radius 3 is 2.33 bits per heavy atom. The number of ether oxygens (including phenoxy) is 1. The Hall–Kier alpha value is -2.57. The summed E-state index contributed by atoms with van der Waals surface area (Å²) in [4.78, 5) is 11.8. The van der Waals surface area contributed by atoms with Crippen LogP contribution in [0.1, 0.15) is 16.7 Å². The van der Waals surface area contributed by atoms with Gasteiger partial charge in [-0.3, -0.25) is 4.79 Å². The van der Waals surface area contributed by atoms with Gasteiger partial charge in [0.2, 0.25) is 0 Å². The van der Waals surface area contributed by atoms with Crippen molar-refractivity contribution in [1.29, 1.82) is 0 Å². The second-order valence-corrected chi connectivity index (χ2v) is 5.25. The fourth-order valence-electron chi connectivity index (χ4n) is 2.18. The zero-order valence-electron chi connectivity index (χ0n) is 13.0. The van der Waals surface area contributed by atoms with Crippen molar-refractivity contribution in [3.05, 3.63) is 58.9 Å². The minimum atomic E-state index is -4.83. The van der Waals surface area contributed by atoms with E-state index in [-0.39, 0.29) is 12.3 Å². The smallest absolute Gasteiger partial charge is 0.419 e. The largest absolute Gasteiger partial charge is 0.483 e. The second-order valence-electron chi connectivity index (χ2n) is 5.25. The zero-order valence-corrected chi connectivity index (χ0v) is 13.0. The summed E-state index contributed by atoms with van der Waals surface area (Å²) in [6, 6.07) is 7.74. The van der Waals surface area contributed by atoms with E-state index in [1.54, 1.807) is 0 Å². The van der Waals surface area contributed by atoms with E-state index in [0.717, 1.165) is 17.2 Å². The van der Waals surface area contributed by atoms with Crippen LogP contribution in [0.2, 0.25) is 0 Å². The minimum absolute atomic E-state index is 0.154. The van der Waals surface area contributed by atoms with Gasteiger partial charge in [-0.05, 0) is 43.2 Å². The molecule has 1 amide bonds. The highest BCUT2D eigenvalue weighted by Crippen LogP contribution is 2.33. The molecule has 0 saturated heterocycles. The van der Waals surface area contributed by atoms with Gasteiger partial charge in [0.1, 0.15) is 11.6 Å². The van der Waals surface area contributed by atoms with Crippen LogP contribution in [0.5, 0.6) is 5.75 Å². The first-order valence-electron chi connectivity index (χ1n) is 7.04. The molecule has 0 unspecified atom stereocenters. The first-order chi connectivity index (χ1) is 11.2. The highest BCUT2D eigenvalue weighted by Gasteiger charge is 2.34. The number of halogens is 4. The summed E-state index contributed by atoms with van der Waals surface area (Å²) >= 11 is 0. The Balaban J connectivity index is 2.05. The van der Waals surface area contributed by atoms with Gasteiger partial charge in [0.25, 0.3) is 5.91 Å². The molecule has 24 heavy (non-hydrogen) atoms. The molecule has 0 aliphatic rings. The first kappa shape index (κ1) is 17.8. The summed E-state index contributed by atoms with van der Waals surface area (Å²) in [5, 5.41) is 2.26. The average molecular weight is 341 g/mol. The molecule has 128 valence electrons. The summed E-state index contributed by atoms with van der Waals surface area (Å²) < 4.78 is 56.6. The normalized spacial score (nSPS) is 11.2. The van der Waals surface area contributed by atoms with E-state index in [0.29, 0.717) is 17.9 Å². The molecule has 2 aromatic rings. The molecule has 0 aliphatic carbocycles. The Labute approximate surface area is 136 Å². The number of anilines is 1. The maximum atomic E-state index is 13.2. The molecule has 0 radical (unpaired) electrons. The van der Waals surface area contributed by atoms with E-state index in [9.17, 15) is 22.4 Å². The highest BCUT2D eigenvalue weighted by molar-refractivity contribution is 5.92. The number of aryl methyl sites for hydroxylation is 2. The van der Waals surface area contributed by atoms with Crippen LogP contribution in [0, 0.1) is 19.7 Å². The molecule has 0 aliphatic heterocycles. The predicted molar refractivity (Wildman–Crippen MR) is 81.4 cm³/mol. The van der Waals surface area contributed by atoms with Gasteiger partial charge in [-0.15, -0.1) is 0 Å². The summed E-state index contributed by atoms with van der Waals surface area (Å²) in [6.45, 7) is 3.26. The lowest BCUT2D eigenvalue weighted by molar-refractivity contribution is -0.140. The maximum absolute atomic E-state index is 13.2. The molecule has 0 atom stereocenters. The van der Waals surface area contributed by atoms with Gasteiger partial charge in [0, 0.05) is 5.69 Å². The van der Waals surface area contributed by atoms with Crippen LogP contribution in [-0.2, 0) is 11.0 Å². The molecule has 2 aromatic carbocycles. The van der Waals surface area contributed by atoms with Gasteiger partial charge >= 0.3 is 6.18 Å². The number of nitrogens with one attached hydrogen (secondary N) is 1. The van der Waals surface area contributed by atoms with E-state index in [1.807, 2.05) is 32.0 Å². The number of hydrogen-bond donors (Lipinski definition) is 1. The number of carbonyl (C=O) groups excluding carboxylic acids is 1. The molecule has 0 heterocycles. The van der Waals surface area contributed by atoms with Gasteiger partial charge in [0.05, 0.1) is 5.56 Å². The van der Waals surface area contributed by atoms with E-state index >= 15 is 0 Å². The number of rotatable bonds is 4. The molecular weight excluding hydrogens is 326 g/mol. The van der Waals surface area contributed by atoms with E-state index in [1.165, 1.54) is 0 Å². The molecule has 0 bridgehead atoms. The van der Waals surface area contributed by atoms with Crippen molar-refractivity contribution in [3.63, 3.8) is 0 Å². The van der Waals surface area contributed by atoms with Crippen LogP contribution in [0.4, 0.5) is 23.2 Å². The van der Waals surface area contributed by atoms with Crippen molar-refractivity contribution >= 4 is 11.6 Å². The monoisotopic (exact) mass is 341 g/mol. The van der Waals surface area contributed by atoms with Crippen LogP contribution in [0.15, 0.2) is 36.4 Å². The fraction of sp³-hybridized carbons (Fsp3) is 0.235. The number of benzene rings is 2. The molecule has 0 fully saturated rings. The highest BCUT2D eigenvalue weighted by atomic mass is 19.4. The number of amides is 1. The third-order valence-corrected chi connectivity index (χ3v) is 3.31. The average Bonchev–Trinajstić information content (AvgIpc) is 2.47. The van der Waals surface area contributed by atoms with Gasteiger partial charge in [0.15, 0.2) is 6.61 Å². The summed E-state index contributed by atoms with van der Waals surface area (Å²) in [5.41, 5.74) is 0.0858. The van der Waals surface area contributed by atoms with Crippen molar-refractivity contribution in [1.82, 2.24) is 0 Å². The van der Waals surface area contributed by atoms with E-state index in [4.69, 9.17) is 4.74 Å². The Morgan fingerprint density at radius 2 is 1.75 bits per heavy atom. The SMILES string of the molecule is Cc1cccc(C)c1OCC(=O)Nc1ccc(F)c(C(F)(F)F)c1. The third-order valence-electron chi connectivity index (χ3n) is 3.31. The maximum Gasteiger partial charge on any atom is 0.419 e. The molecule has 2 rings (SSSR count). The Kier molecular flexibility index (Phi) is 5.11. The standard InChI is InChI=1S/C17H15F4NO2/c1-10-4-3-5-11(2)16(10)24-9-15(23)22-12-6-7-14(18)13(8-12)17(19,20)21/h3-8H,9H2,1-2H3,(H,22,23). The molecule has 3 nitrogen and oxygen atoms in total. The second kappa shape index (κ2) is 6.90. The van der Waals surface area contributed by atoms with E-state index in [2.05, 4.69) is 5.32 Å². The molecule has 1 N–H and O–H groups in total. The minimum Gasteiger partial charge on any atom is -0.483 e. The number of hydrogen-bond acceptors (Lipinski definition) is 2. The summed E-state index contributed by atoms with van der Waals surface area (Å²) in [5.74, 6) is -1.49. The van der Waals surface area contributed by atoms with E-state index < -0.39 is 23.5 Å². The van der Waals surface area contributed by atoms with Crippen molar-refractivity contribution in [2.24, 2.45) is 0 Å². The van der Waals surface area contributed by atoms with Gasteiger partial charge in [-0.1, -0.05) is 18.2 Å². The molecule has 7 heteroatoms. The lowest BCUT2D eigenvalue weighted by Crippen LogP contribution is -2.21. The van der Waals surface area contributed by atoms with Crippen LogP contribution in [-0.4, -0.2) is 12.5 Å². The van der Waals surface area contributed by atoms with Crippen molar-refractivity contribution in [2.75, 3.05) is 11.9 Å². The third kappa shape index (κ3) is 4.24. The lowest BCUT2D eigenvalue weighted by Gasteiger charge is -2.13. The number of para-hydroxylation sites is 1. The molecule has 0 spiro atoms. The Morgan fingerprint density at radius 1 is 1.12 bits per heavy atom. The first-order valence-corrected chi connectivity index (χ1v) is 7.04. The van der Waals surface area contributed by atoms with Crippen LogP contribution in [0.25, 0.3) is 0 Å². The van der Waals surface area contributed by atoms with Crippen LogP contribution >= 0.6 is 0 Å². The zero-order chi connectivity index (χ0) is 17.9. The number of alkyl halides is 3. The summed E-state index contributed by atoms with van der Waals surface area (Å²) in [7, 11) is 0. The molecular formula is C17H15F4NO2. The predicted octanol–water partition coefficient (Wildman–Crippen LogP) is 4.48. The van der Waals surface area contributed by atoms with Crippen molar-refractivity contribution in [3.8, 4) is 5.75 Å².